The van der Waals surface area contributed by atoms with Gasteiger partial charge < -0.3 is 0 Å². The van der Waals surface area contributed by atoms with E-state index in [1.807, 2.05) is 0 Å². The second-order valence-corrected chi connectivity index (χ2v) is 6.73. The van der Waals surface area contributed by atoms with E-state index in [9.17, 15) is 4.79 Å². The van der Waals surface area contributed by atoms with Crippen LogP contribution in [-0.2, 0) is 4.79 Å². The van der Waals surface area contributed by atoms with Crippen LogP contribution in [0.15, 0.2) is 69.9 Å². The highest BCUT2D eigenvalue weighted by Crippen LogP contribution is 2.53. The summed E-state index contributed by atoms with van der Waals surface area (Å²) in [6.07, 6.45) is 18.8. The van der Waals surface area contributed by atoms with Crippen LogP contribution in [0.3, 0.4) is 0 Å². The predicted molar refractivity (Wildman–Crippen MR) is 83.6 cm³/mol. The first-order valence-corrected chi connectivity index (χ1v) is 8.10. The minimum atomic E-state index is 0.369. The molecule has 1 fully saturated rings. The zero-order valence-corrected chi connectivity index (χ0v) is 12.1. The molecule has 0 aromatic carbocycles. The fourth-order valence-electron chi connectivity index (χ4n) is 4.75. The molecule has 0 spiro atoms. The lowest BCUT2D eigenvalue weighted by Gasteiger charge is -2.42. The number of fused-ring (bicyclic) bond motifs is 2. The quantitative estimate of drug-likeness (QED) is 0.641. The van der Waals surface area contributed by atoms with Crippen LogP contribution in [0.1, 0.15) is 32.1 Å². The van der Waals surface area contributed by atoms with Crippen LogP contribution in [0.5, 0.6) is 0 Å². The highest BCUT2D eigenvalue weighted by molar-refractivity contribution is 5.98. The maximum Gasteiger partial charge on any atom is 0.159 e. The molecule has 0 N–H and O–H groups in total. The first-order chi connectivity index (χ1) is 10.3. The van der Waals surface area contributed by atoms with Crippen LogP contribution in [-0.4, -0.2) is 5.78 Å². The standard InChI is InChI=1S/C20H18O/c21-18-6-2-5-15-16-10-9-13-4-1-3-12-7-8-14(11-17(15)18)20(16)19(12)13/h1,3-4,9-11,15,19H,2,5-8H2. The summed E-state index contributed by atoms with van der Waals surface area (Å²) >= 11 is 0. The molecule has 5 rings (SSSR count). The Morgan fingerprint density at radius 2 is 1.95 bits per heavy atom. The average Bonchev–Trinajstić information content (AvgIpc) is 2.53. The van der Waals surface area contributed by atoms with E-state index in [4.69, 9.17) is 0 Å². The molecule has 5 aliphatic rings. The molecule has 2 unspecified atom stereocenters. The summed E-state index contributed by atoms with van der Waals surface area (Å²) in [6.45, 7) is 0. The fraction of sp³-hybridized carbons (Fsp3) is 0.350. The van der Waals surface area contributed by atoms with Gasteiger partial charge in [0.05, 0.1) is 0 Å². The van der Waals surface area contributed by atoms with Crippen LogP contribution in [0.2, 0.25) is 0 Å². The van der Waals surface area contributed by atoms with Gasteiger partial charge in [0.1, 0.15) is 0 Å². The van der Waals surface area contributed by atoms with Gasteiger partial charge in [-0.1, -0.05) is 42.0 Å². The lowest BCUT2D eigenvalue weighted by molar-refractivity contribution is -0.117. The van der Waals surface area contributed by atoms with E-state index in [0.29, 0.717) is 17.6 Å². The third-order valence-electron chi connectivity index (χ3n) is 5.69. The molecule has 0 heterocycles. The Morgan fingerprint density at radius 3 is 2.90 bits per heavy atom. The van der Waals surface area contributed by atoms with Crippen molar-refractivity contribution < 1.29 is 4.79 Å². The van der Waals surface area contributed by atoms with Crippen LogP contribution in [0.25, 0.3) is 0 Å². The predicted octanol–water partition coefficient (Wildman–Crippen LogP) is 4.36. The first-order valence-electron chi connectivity index (χ1n) is 8.10. The van der Waals surface area contributed by atoms with Crippen molar-refractivity contribution in [1.29, 1.82) is 0 Å². The number of Topliss-reactive ketones (excluding diaryl/α,β-unsaturated/α-hetero) is 1. The molecule has 2 atom stereocenters. The topological polar surface area (TPSA) is 17.1 Å². The van der Waals surface area contributed by atoms with Gasteiger partial charge in [-0.15, -0.1) is 0 Å². The van der Waals surface area contributed by atoms with Crippen molar-refractivity contribution >= 4 is 5.78 Å². The Bertz CT molecular complexity index is 749. The molecular weight excluding hydrogens is 256 g/mol. The third-order valence-corrected chi connectivity index (χ3v) is 5.69. The highest BCUT2D eigenvalue weighted by atomic mass is 16.1. The summed E-state index contributed by atoms with van der Waals surface area (Å²) in [5, 5.41) is 0. The second-order valence-electron chi connectivity index (χ2n) is 6.73. The molecule has 104 valence electrons. The lowest BCUT2D eigenvalue weighted by Crippen LogP contribution is -2.31. The Kier molecular flexibility index (Phi) is 2.27. The second kappa shape index (κ2) is 4.07. The van der Waals surface area contributed by atoms with E-state index in [0.717, 1.165) is 37.7 Å². The molecule has 0 aromatic rings. The number of hydrogen-bond acceptors (Lipinski definition) is 1. The maximum absolute atomic E-state index is 12.3. The van der Waals surface area contributed by atoms with E-state index in [1.165, 1.54) is 22.3 Å². The molecule has 1 heteroatoms. The minimum Gasteiger partial charge on any atom is -0.295 e. The van der Waals surface area contributed by atoms with Crippen LogP contribution in [0, 0.1) is 11.8 Å². The van der Waals surface area contributed by atoms with E-state index in [1.54, 1.807) is 5.57 Å². The van der Waals surface area contributed by atoms with Crippen molar-refractivity contribution in [3.05, 3.63) is 69.9 Å². The largest absolute Gasteiger partial charge is 0.295 e. The van der Waals surface area contributed by atoms with E-state index in [-0.39, 0.29) is 0 Å². The van der Waals surface area contributed by atoms with Crippen molar-refractivity contribution in [3.8, 4) is 0 Å². The maximum atomic E-state index is 12.3. The third kappa shape index (κ3) is 1.49. The molecule has 0 amide bonds. The summed E-state index contributed by atoms with van der Waals surface area (Å²) in [4.78, 5) is 12.3. The molecule has 0 aromatic heterocycles. The SMILES string of the molecule is O=C1CCCC2C1=CC1=C3C2=CC=C2C=CC=C(CC1)C23. The normalized spacial score (nSPS) is 32.7. The molecule has 0 saturated heterocycles. The monoisotopic (exact) mass is 274 g/mol. The fourth-order valence-corrected chi connectivity index (χ4v) is 4.75. The summed E-state index contributed by atoms with van der Waals surface area (Å²) < 4.78 is 0. The van der Waals surface area contributed by atoms with Gasteiger partial charge in [-0.3, -0.25) is 4.79 Å². The summed E-state index contributed by atoms with van der Waals surface area (Å²) in [6, 6.07) is 0. The van der Waals surface area contributed by atoms with E-state index < -0.39 is 0 Å². The van der Waals surface area contributed by atoms with Crippen LogP contribution in [0.4, 0.5) is 0 Å². The molecule has 1 saturated carbocycles. The first kappa shape index (κ1) is 11.7. The van der Waals surface area contributed by atoms with Crippen molar-refractivity contribution in [3.63, 3.8) is 0 Å². The Labute approximate surface area is 125 Å². The number of carbonyl (C=O) groups is 1. The van der Waals surface area contributed by atoms with Gasteiger partial charge in [-0.2, -0.15) is 0 Å². The van der Waals surface area contributed by atoms with Gasteiger partial charge in [-0.25, -0.2) is 0 Å². The molecule has 0 aliphatic heterocycles. The summed E-state index contributed by atoms with van der Waals surface area (Å²) in [5.74, 6) is 1.24. The number of carbonyl (C=O) groups excluding carboxylic acids is 1. The van der Waals surface area contributed by atoms with Crippen LogP contribution < -0.4 is 0 Å². The number of hydrogen-bond donors (Lipinski definition) is 0. The Morgan fingerprint density at radius 1 is 1.00 bits per heavy atom. The van der Waals surface area contributed by atoms with Crippen molar-refractivity contribution in [2.24, 2.45) is 11.8 Å². The van der Waals surface area contributed by atoms with Crippen molar-refractivity contribution in [2.45, 2.75) is 32.1 Å². The van der Waals surface area contributed by atoms with Crippen molar-refractivity contribution in [2.75, 3.05) is 0 Å². The zero-order chi connectivity index (χ0) is 14.0. The van der Waals surface area contributed by atoms with E-state index >= 15 is 0 Å². The lowest BCUT2D eigenvalue weighted by atomic mass is 9.61. The molecule has 1 nitrogen and oxygen atoms in total. The van der Waals surface area contributed by atoms with E-state index in [2.05, 4.69) is 36.5 Å². The average molecular weight is 274 g/mol. The van der Waals surface area contributed by atoms with Gasteiger partial charge in [0.15, 0.2) is 5.78 Å². The molecule has 21 heavy (non-hydrogen) atoms. The molecule has 5 aliphatic carbocycles. The molecule has 0 bridgehead atoms. The van der Waals surface area contributed by atoms with Gasteiger partial charge in [0.25, 0.3) is 0 Å². The Balaban J connectivity index is 1.75. The smallest absolute Gasteiger partial charge is 0.159 e. The summed E-state index contributed by atoms with van der Waals surface area (Å²) in [5.41, 5.74) is 8.52. The molecular formula is C20H18O. The number of rotatable bonds is 0. The molecule has 0 radical (unpaired) electrons. The van der Waals surface area contributed by atoms with Gasteiger partial charge in [0, 0.05) is 23.8 Å². The zero-order valence-electron chi connectivity index (χ0n) is 12.1. The van der Waals surface area contributed by atoms with Gasteiger partial charge >= 0.3 is 0 Å². The number of ketones is 1. The minimum absolute atomic E-state index is 0.369. The number of allylic oxidation sites excluding steroid dienone is 12. The van der Waals surface area contributed by atoms with Gasteiger partial charge in [-0.05, 0) is 48.0 Å². The van der Waals surface area contributed by atoms with Crippen LogP contribution >= 0.6 is 0 Å². The van der Waals surface area contributed by atoms with Crippen molar-refractivity contribution in [1.82, 2.24) is 0 Å². The highest BCUT2D eigenvalue weighted by Gasteiger charge is 2.41. The van der Waals surface area contributed by atoms with Gasteiger partial charge in [0.2, 0.25) is 0 Å². The summed E-state index contributed by atoms with van der Waals surface area (Å²) in [7, 11) is 0. The Hall–Kier alpha value is -1.89.